The maximum atomic E-state index is 12.1. The molecule has 1 aromatic heterocycles. The molecule has 1 aliphatic rings. The van der Waals surface area contributed by atoms with Crippen LogP contribution in [0.15, 0.2) is 27.4 Å². The van der Waals surface area contributed by atoms with Crippen molar-refractivity contribution >= 4 is 17.8 Å². The summed E-state index contributed by atoms with van der Waals surface area (Å²) >= 11 is 5.35. The van der Waals surface area contributed by atoms with Crippen molar-refractivity contribution in [1.82, 2.24) is 9.13 Å². The zero-order chi connectivity index (χ0) is 14.9. The molecule has 0 saturated carbocycles. The predicted octanol–water partition coefficient (Wildman–Crippen LogP) is -1.71. The molecule has 2 heterocycles. The largest absolute Gasteiger partial charge is 0.394 e. The highest BCUT2D eigenvalue weighted by Gasteiger charge is 2.43. The molecule has 2 rings (SSSR count). The molecule has 0 aliphatic carbocycles. The van der Waals surface area contributed by atoms with Crippen molar-refractivity contribution in [2.45, 2.75) is 24.5 Å². The lowest BCUT2D eigenvalue weighted by Crippen LogP contribution is -2.41. The number of aromatic nitrogens is 2. The molecule has 0 aromatic carbocycles. The molecule has 0 unspecified atom stereocenters. The van der Waals surface area contributed by atoms with E-state index in [2.05, 4.69) is 0 Å². The van der Waals surface area contributed by atoms with Gasteiger partial charge in [-0.05, 0) is 0 Å². The summed E-state index contributed by atoms with van der Waals surface area (Å²) < 4.78 is 6.89. The number of aliphatic hydroxyl groups is 3. The fourth-order valence-electron chi connectivity index (χ4n) is 2.00. The van der Waals surface area contributed by atoms with Gasteiger partial charge in [-0.2, -0.15) is 0 Å². The summed E-state index contributed by atoms with van der Waals surface area (Å²) in [7, 11) is 0. The first-order chi connectivity index (χ1) is 9.51. The number of aliphatic hydroxyl groups excluding tert-OH is 3. The molecule has 1 saturated heterocycles. The molecule has 0 spiro atoms. The van der Waals surface area contributed by atoms with Gasteiger partial charge in [-0.1, -0.05) is 11.6 Å². The Morgan fingerprint density at radius 2 is 2.05 bits per heavy atom. The van der Waals surface area contributed by atoms with Crippen molar-refractivity contribution in [3.8, 4) is 0 Å². The van der Waals surface area contributed by atoms with E-state index in [1.807, 2.05) is 0 Å². The lowest BCUT2D eigenvalue weighted by molar-refractivity contribution is -0.0552. The van der Waals surface area contributed by atoms with E-state index in [1.165, 1.54) is 0 Å². The Morgan fingerprint density at radius 3 is 2.60 bits per heavy atom. The summed E-state index contributed by atoms with van der Waals surface area (Å²) in [6.07, 6.45) is -2.75. The maximum Gasteiger partial charge on any atom is 0.337 e. The van der Waals surface area contributed by atoms with Crippen LogP contribution in [-0.4, -0.2) is 49.4 Å². The third kappa shape index (κ3) is 2.43. The van der Waals surface area contributed by atoms with Crippen molar-refractivity contribution in [2.75, 3.05) is 6.61 Å². The van der Waals surface area contributed by atoms with Gasteiger partial charge in [0.15, 0.2) is 6.23 Å². The zero-order valence-corrected chi connectivity index (χ0v) is 10.9. The summed E-state index contributed by atoms with van der Waals surface area (Å²) in [5, 5.41) is 28.5. The molecule has 8 nitrogen and oxygen atoms in total. The first-order valence-electron chi connectivity index (χ1n) is 5.74. The van der Waals surface area contributed by atoms with E-state index in [4.69, 9.17) is 21.4 Å². The van der Waals surface area contributed by atoms with Crippen molar-refractivity contribution in [3.63, 3.8) is 0 Å². The van der Waals surface area contributed by atoms with Gasteiger partial charge >= 0.3 is 5.69 Å². The average molecular weight is 305 g/mol. The van der Waals surface area contributed by atoms with Gasteiger partial charge in [-0.3, -0.25) is 9.36 Å². The monoisotopic (exact) mass is 304 g/mol. The highest BCUT2D eigenvalue weighted by molar-refractivity contribution is 6.26. The first-order valence-corrected chi connectivity index (χ1v) is 6.18. The van der Waals surface area contributed by atoms with E-state index in [0.717, 1.165) is 33.1 Å². The smallest absolute Gasteiger partial charge is 0.337 e. The summed E-state index contributed by atoms with van der Waals surface area (Å²) in [4.78, 5) is 23.6. The zero-order valence-electron chi connectivity index (χ0n) is 10.2. The van der Waals surface area contributed by atoms with Crippen LogP contribution in [0.5, 0.6) is 0 Å². The highest BCUT2D eigenvalue weighted by Crippen LogP contribution is 2.27. The van der Waals surface area contributed by atoms with Crippen molar-refractivity contribution in [3.05, 3.63) is 38.6 Å². The van der Waals surface area contributed by atoms with Crippen LogP contribution in [0.25, 0.3) is 6.20 Å². The van der Waals surface area contributed by atoms with Crippen LogP contribution >= 0.6 is 11.6 Å². The molecule has 0 bridgehead atoms. The molecule has 9 heteroatoms. The summed E-state index contributed by atoms with van der Waals surface area (Å²) in [6.45, 7) is -0.509. The summed E-state index contributed by atoms with van der Waals surface area (Å²) in [5.41, 5.74) is -0.399. The second-order valence-electron chi connectivity index (χ2n) is 4.22. The molecule has 1 aromatic rings. The van der Waals surface area contributed by atoms with Gasteiger partial charge in [0.05, 0.1) is 6.61 Å². The van der Waals surface area contributed by atoms with Crippen LogP contribution in [0.4, 0.5) is 0 Å². The molecule has 0 amide bonds. The fourth-order valence-corrected chi connectivity index (χ4v) is 2.12. The Hall–Kier alpha value is -1.45. The number of ether oxygens (including phenoxy) is 1. The van der Waals surface area contributed by atoms with Crippen molar-refractivity contribution in [1.29, 1.82) is 0 Å². The molecule has 0 radical (unpaired) electrons. The van der Waals surface area contributed by atoms with Crippen LogP contribution in [0.2, 0.25) is 0 Å². The van der Waals surface area contributed by atoms with Gasteiger partial charge in [-0.15, -0.1) is 0 Å². The fraction of sp³-hybridized carbons (Fsp3) is 0.455. The third-order valence-electron chi connectivity index (χ3n) is 3.04. The van der Waals surface area contributed by atoms with Gasteiger partial charge in [-0.25, -0.2) is 9.36 Å². The number of hydrogen-bond acceptors (Lipinski definition) is 6. The minimum absolute atomic E-state index is 0.509. The highest BCUT2D eigenvalue weighted by atomic mass is 35.5. The van der Waals surface area contributed by atoms with Crippen LogP contribution < -0.4 is 11.2 Å². The molecular formula is C11H13ClN2O6. The van der Waals surface area contributed by atoms with Crippen LogP contribution in [0.1, 0.15) is 6.23 Å². The predicted molar refractivity (Wildman–Crippen MR) is 69.2 cm³/mol. The Morgan fingerprint density at radius 1 is 1.35 bits per heavy atom. The van der Waals surface area contributed by atoms with E-state index >= 15 is 0 Å². The molecule has 1 aliphatic heterocycles. The van der Waals surface area contributed by atoms with E-state index in [9.17, 15) is 19.8 Å². The standard InChI is InChI=1S/C11H13ClN2O6/c12-2-4-13-7(16)1-3-14(11(13)19)10-9(18)8(17)6(5-15)20-10/h1-4,6,8-10,15,17-18H,5H2/t6-,8-,9+,10-/m0/s1. The second kappa shape index (κ2) is 5.90. The number of nitrogens with zero attached hydrogens (tertiary/aromatic N) is 2. The van der Waals surface area contributed by atoms with Gasteiger partial charge in [0.1, 0.15) is 18.3 Å². The summed E-state index contributed by atoms with van der Waals surface area (Å²) in [6, 6.07) is 1.09. The van der Waals surface area contributed by atoms with Gasteiger partial charge in [0, 0.05) is 24.0 Å². The van der Waals surface area contributed by atoms with E-state index in [1.54, 1.807) is 0 Å². The van der Waals surface area contributed by atoms with Crippen LogP contribution in [0.3, 0.4) is 0 Å². The van der Waals surface area contributed by atoms with Crippen molar-refractivity contribution < 1.29 is 20.1 Å². The lowest BCUT2D eigenvalue weighted by Gasteiger charge is -2.17. The molecule has 20 heavy (non-hydrogen) atoms. The number of rotatable bonds is 3. The van der Waals surface area contributed by atoms with Gasteiger partial charge in [0.2, 0.25) is 0 Å². The first kappa shape index (κ1) is 14.9. The minimum Gasteiger partial charge on any atom is -0.394 e. The maximum absolute atomic E-state index is 12.1. The quantitative estimate of drug-likeness (QED) is 0.612. The van der Waals surface area contributed by atoms with E-state index in [0.29, 0.717) is 0 Å². The topological polar surface area (TPSA) is 114 Å². The average Bonchev–Trinajstić information content (AvgIpc) is 2.71. The molecule has 1 fully saturated rings. The Kier molecular flexibility index (Phi) is 4.41. The van der Waals surface area contributed by atoms with Crippen molar-refractivity contribution in [2.24, 2.45) is 0 Å². The Bertz CT molecular complexity index is 624. The second-order valence-corrected chi connectivity index (χ2v) is 4.47. The molecule has 4 atom stereocenters. The molecular weight excluding hydrogens is 292 g/mol. The number of halogens is 1. The molecule has 3 N–H and O–H groups in total. The van der Waals surface area contributed by atoms with Crippen LogP contribution in [-0.2, 0) is 4.74 Å². The SMILES string of the molecule is O=c1ccn([C@H]2O[C@@H](CO)[C@H](O)[C@H]2O)c(=O)n1C=CCl. The number of hydrogen-bond donors (Lipinski definition) is 3. The van der Waals surface area contributed by atoms with E-state index < -0.39 is 42.4 Å². The van der Waals surface area contributed by atoms with E-state index in [-0.39, 0.29) is 0 Å². The minimum atomic E-state index is -1.41. The van der Waals surface area contributed by atoms with Gasteiger partial charge in [0.25, 0.3) is 5.56 Å². The normalized spacial score (nSPS) is 30.2. The summed E-state index contributed by atoms with van der Waals surface area (Å²) in [5.74, 6) is 0. The molecule has 110 valence electrons. The third-order valence-corrected chi connectivity index (χ3v) is 3.15. The van der Waals surface area contributed by atoms with Crippen LogP contribution in [0, 0.1) is 0 Å². The lowest BCUT2D eigenvalue weighted by atomic mass is 10.1. The Balaban J connectivity index is 2.47. The van der Waals surface area contributed by atoms with Gasteiger partial charge < -0.3 is 20.1 Å². The Labute approximate surface area is 117 Å².